The quantitative estimate of drug-likeness (QED) is 0.857. The predicted octanol–water partition coefficient (Wildman–Crippen LogP) is 1.78. The Morgan fingerprint density at radius 3 is 2.44 bits per heavy atom. The molecule has 0 heterocycles. The second-order valence-electron chi connectivity index (χ2n) is 4.31. The van der Waals surface area contributed by atoms with Crippen molar-refractivity contribution in [2.24, 2.45) is 0 Å². The molecule has 0 fully saturated rings. The summed E-state index contributed by atoms with van der Waals surface area (Å²) in [6.45, 7) is 4.37. The predicted molar refractivity (Wildman–Crippen MR) is 73.7 cm³/mol. The van der Waals surface area contributed by atoms with Gasteiger partial charge in [0, 0.05) is 11.8 Å². The SMILES string of the molecule is CCNC(c1ccccc1OC)C(C)S(C)(=O)=O. The Morgan fingerprint density at radius 2 is 1.94 bits per heavy atom. The minimum atomic E-state index is -3.12. The highest BCUT2D eigenvalue weighted by Crippen LogP contribution is 2.29. The van der Waals surface area contributed by atoms with Crippen molar-refractivity contribution >= 4 is 9.84 Å². The van der Waals surface area contributed by atoms with Gasteiger partial charge < -0.3 is 10.1 Å². The molecule has 2 atom stereocenters. The topological polar surface area (TPSA) is 55.4 Å². The van der Waals surface area contributed by atoms with E-state index in [0.717, 1.165) is 5.56 Å². The van der Waals surface area contributed by atoms with Crippen molar-refractivity contribution in [2.45, 2.75) is 25.1 Å². The molecule has 0 amide bonds. The van der Waals surface area contributed by atoms with Gasteiger partial charge in [-0.15, -0.1) is 0 Å². The van der Waals surface area contributed by atoms with Gasteiger partial charge >= 0.3 is 0 Å². The molecule has 0 saturated carbocycles. The summed E-state index contributed by atoms with van der Waals surface area (Å²) in [6, 6.07) is 7.23. The van der Waals surface area contributed by atoms with E-state index in [1.807, 2.05) is 31.2 Å². The van der Waals surface area contributed by atoms with E-state index in [2.05, 4.69) is 5.32 Å². The number of sulfone groups is 1. The van der Waals surface area contributed by atoms with E-state index in [1.54, 1.807) is 14.0 Å². The van der Waals surface area contributed by atoms with Crippen molar-refractivity contribution in [3.05, 3.63) is 29.8 Å². The molecular weight excluding hydrogens is 250 g/mol. The second kappa shape index (κ2) is 6.20. The van der Waals surface area contributed by atoms with Gasteiger partial charge in [-0.25, -0.2) is 8.42 Å². The molecule has 1 rings (SSSR count). The number of rotatable bonds is 6. The summed E-state index contributed by atoms with van der Waals surface area (Å²) in [5, 5.41) is 2.71. The first-order chi connectivity index (χ1) is 8.41. The van der Waals surface area contributed by atoms with Gasteiger partial charge in [0.05, 0.1) is 18.4 Å². The van der Waals surface area contributed by atoms with Gasteiger partial charge in [-0.05, 0) is 19.5 Å². The van der Waals surface area contributed by atoms with Gasteiger partial charge in [0.25, 0.3) is 0 Å². The lowest BCUT2D eigenvalue weighted by molar-refractivity contribution is 0.398. The van der Waals surface area contributed by atoms with Crippen molar-refractivity contribution < 1.29 is 13.2 Å². The molecule has 2 unspecified atom stereocenters. The lowest BCUT2D eigenvalue weighted by Gasteiger charge is -2.25. The van der Waals surface area contributed by atoms with E-state index in [1.165, 1.54) is 6.26 Å². The third kappa shape index (κ3) is 3.46. The normalized spacial score (nSPS) is 15.1. The Labute approximate surface area is 109 Å². The Bertz CT molecular complexity index is 485. The number of hydrogen-bond acceptors (Lipinski definition) is 4. The molecule has 0 aromatic heterocycles. The zero-order valence-electron chi connectivity index (χ0n) is 11.3. The Morgan fingerprint density at radius 1 is 1.33 bits per heavy atom. The second-order valence-corrected chi connectivity index (χ2v) is 6.71. The van der Waals surface area contributed by atoms with E-state index < -0.39 is 15.1 Å². The Balaban J connectivity index is 3.19. The summed E-state index contributed by atoms with van der Waals surface area (Å²) in [5.41, 5.74) is 0.875. The van der Waals surface area contributed by atoms with Crippen LogP contribution in [0.4, 0.5) is 0 Å². The van der Waals surface area contributed by atoms with Crippen LogP contribution in [0.2, 0.25) is 0 Å². The molecule has 0 saturated heterocycles. The summed E-state index contributed by atoms with van der Waals surface area (Å²) in [6.07, 6.45) is 1.26. The minimum absolute atomic E-state index is 0.263. The first-order valence-electron chi connectivity index (χ1n) is 5.97. The molecule has 1 aromatic carbocycles. The summed E-state index contributed by atoms with van der Waals surface area (Å²) in [5.74, 6) is 0.707. The van der Waals surface area contributed by atoms with Crippen LogP contribution in [0.3, 0.4) is 0 Å². The third-order valence-corrected chi connectivity index (χ3v) is 4.67. The number of ether oxygens (including phenoxy) is 1. The summed E-state index contributed by atoms with van der Waals surface area (Å²) < 4.78 is 28.8. The van der Waals surface area contributed by atoms with Gasteiger partial charge in [0.2, 0.25) is 0 Å². The molecule has 1 aromatic rings. The maximum Gasteiger partial charge on any atom is 0.151 e. The molecule has 102 valence electrons. The largest absolute Gasteiger partial charge is 0.496 e. The smallest absolute Gasteiger partial charge is 0.151 e. The number of nitrogens with one attached hydrogen (secondary N) is 1. The molecule has 4 nitrogen and oxygen atoms in total. The first-order valence-corrected chi connectivity index (χ1v) is 7.92. The average molecular weight is 271 g/mol. The van der Waals surface area contributed by atoms with Crippen LogP contribution >= 0.6 is 0 Å². The van der Waals surface area contributed by atoms with Crippen LogP contribution in [0.25, 0.3) is 0 Å². The Hall–Kier alpha value is -1.07. The highest BCUT2D eigenvalue weighted by Gasteiger charge is 2.28. The standard InChI is InChI=1S/C13H21NO3S/c1-5-14-13(10(2)18(4,15)16)11-8-6-7-9-12(11)17-3/h6-10,13-14H,5H2,1-4H3. The van der Waals surface area contributed by atoms with Crippen molar-refractivity contribution in [1.82, 2.24) is 5.32 Å². The van der Waals surface area contributed by atoms with E-state index in [0.29, 0.717) is 12.3 Å². The van der Waals surface area contributed by atoms with Crippen LogP contribution in [-0.2, 0) is 9.84 Å². The number of benzene rings is 1. The van der Waals surface area contributed by atoms with Crippen LogP contribution in [-0.4, -0.2) is 33.6 Å². The van der Waals surface area contributed by atoms with E-state index in [4.69, 9.17) is 4.74 Å². The van der Waals surface area contributed by atoms with Gasteiger partial charge in [-0.3, -0.25) is 0 Å². The molecule has 0 aliphatic carbocycles. The third-order valence-electron chi connectivity index (χ3n) is 3.04. The zero-order valence-corrected chi connectivity index (χ0v) is 12.1. The number of hydrogen-bond donors (Lipinski definition) is 1. The summed E-state index contributed by atoms with van der Waals surface area (Å²) in [7, 11) is -1.53. The molecule has 1 N–H and O–H groups in total. The molecule has 0 bridgehead atoms. The maximum atomic E-state index is 11.7. The van der Waals surface area contributed by atoms with Crippen molar-refractivity contribution in [2.75, 3.05) is 19.9 Å². The molecule has 0 radical (unpaired) electrons. The van der Waals surface area contributed by atoms with Crippen LogP contribution in [0, 0.1) is 0 Å². The van der Waals surface area contributed by atoms with Gasteiger partial charge in [-0.1, -0.05) is 25.1 Å². The van der Waals surface area contributed by atoms with Crippen LogP contribution in [0.15, 0.2) is 24.3 Å². The number of para-hydroxylation sites is 1. The molecule has 0 aliphatic rings. The monoisotopic (exact) mass is 271 g/mol. The number of methoxy groups -OCH3 is 1. The fraction of sp³-hybridized carbons (Fsp3) is 0.538. The highest BCUT2D eigenvalue weighted by atomic mass is 32.2. The van der Waals surface area contributed by atoms with Crippen molar-refractivity contribution in [1.29, 1.82) is 0 Å². The molecule has 0 spiro atoms. The fourth-order valence-electron chi connectivity index (χ4n) is 1.92. The van der Waals surface area contributed by atoms with Crippen molar-refractivity contribution in [3.8, 4) is 5.75 Å². The van der Waals surface area contributed by atoms with E-state index >= 15 is 0 Å². The van der Waals surface area contributed by atoms with E-state index in [-0.39, 0.29) is 6.04 Å². The highest BCUT2D eigenvalue weighted by molar-refractivity contribution is 7.91. The lowest BCUT2D eigenvalue weighted by atomic mass is 10.0. The fourth-order valence-corrected chi connectivity index (χ4v) is 2.66. The van der Waals surface area contributed by atoms with Crippen LogP contribution in [0.1, 0.15) is 25.5 Å². The van der Waals surface area contributed by atoms with Gasteiger partial charge in [0.1, 0.15) is 5.75 Å². The Kier molecular flexibility index (Phi) is 5.16. The zero-order chi connectivity index (χ0) is 13.8. The van der Waals surface area contributed by atoms with Crippen molar-refractivity contribution in [3.63, 3.8) is 0 Å². The van der Waals surface area contributed by atoms with Gasteiger partial charge in [0.15, 0.2) is 9.84 Å². The molecular formula is C13H21NO3S. The summed E-state index contributed by atoms with van der Waals surface area (Å²) >= 11 is 0. The molecule has 0 aliphatic heterocycles. The molecule has 5 heteroatoms. The maximum absolute atomic E-state index is 11.7. The van der Waals surface area contributed by atoms with Crippen LogP contribution in [0.5, 0.6) is 5.75 Å². The van der Waals surface area contributed by atoms with Crippen LogP contribution < -0.4 is 10.1 Å². The minimum Gasteiger partial charge on any atom is -0.496 e. The van der Waals surface area contributed by atoms with Gasteiger partial charge in [-0.2, -0.15) is 0 Å². The molecule has 18 heavy (non-hydrogen) atoms. The van der Waals surface area contributed by atoms with E-state index in [9.17, 15) is 8.42 Å². The lowest BCUT2D eigenvalue weighted by Crippen LogP contribution is -2.35. The summed E-state index contributed by atoms with van der Waals surface area (Å²) in [4.78, 5) is 0. The average Bonchev–Trinajstić information content (AvgIpc) is 2.34. The first kappa shape index (κ1) is 15.0.